The molecule has 78 valence electrons. The van der Waals surface area contributed by atoms with E-state index in [1.165, 1.54) is 0 Å². The van der Waals surface area contributed by atoms with Crippen molar-refractivity contribution >= 4 is 17.1 Å². The topological polar surface area (TPSA) is 59.2 Å². The van der Waals surface area contributed by atoms with Crippen LogP contribution in [0.25, 0.3) is 11.2 Å². The van der Waals surface area contributed by atoms with Crippen molar-refractivity contribution in [1.82, 2.24) is 24.9 Å². The van der Waals surface area contributed by atoms with Crippen molar-refractivity contribution in [3.63, 3.8) is 0 Å². The van der Waals surface area contributed by atoms with Gasteiger partial charge in [0.2, 0.25) is 5.96 Å². The van der Waals surface area contributed by atoms with Gasteiger partial charge in [-0.15, -0.1) is 5.10 Å². The van der Waals surface area contributed by atoms with Gasteiger partial charge in [0.15, 0.2) is 5.65 Å². The van der Waals surface area contributed by atoms with Gasteiger partial charge in [-0.3, -0.25) is 4.99 Å². The largest absolute Gasteiger partial charge is 0.347 e. The molecular weight excluding hydrogens is 192 g/mol. The molecule has 0 aliphatic heterocycles. The summed E-state index contributed by atoms with van der Waals surface area (Å²) in [4.78, 5) is 10.2. The summed E-state index contributed by atoms with van der Waals surface area (Å²) in [5, 5.41) is 8.03. The fourth-order valence-electron chi connectivity index (χ4n) is 1.38. The Kier molecular flexibility index (Phi) is 2.32. The van der Waals surface area contributed by atoms with Crippen LogP contribution in [0.1, 0.15) is 0 Å². The third-order valence-corrected chi connectivity index (χ3v) is 2.00. The highest BCUT2D eigenvalue weighted by Gasteiger charge is 2.11. The Labute approximate surface area is 87.2 Å². The van der Waals surface area contributed by atoms with Crippen LogP contribution >= 0.6 is 0 Å². The van der Waals surface area contributed by atoms with Crippen molar-refractivity contribution in [2.45, 2.75) is 0 Å². The van der Waals surface area contributed by atoms with Crippen molar-refractivity contribution in [1.29, 1.82) is 0 Å². The molecule has 0 saturated carbocycles. The summed E-state index contributed by atoms with van der Waals surface area (Å²) in [5.41, 5.74) is 1.48. The minimum atomic E-state index is 0.705. The van der Waals surface area contributed by atoms with Gasteiger partial charge < -0.3 is 4.90 Å². The van der Waals surface area contributed by atoms with Gasteiger partial charge >= 0.3 is 0 Å². The van der Waals surface area contributed by atoms with Gasteiger partial charge in [0, 0.05) is 27.3 Å². The van der Waals surface area contributed by atoms with Crippen LogP contribution in [0.2, 0.25) is 0 Å². The lowest BCUT2D eigenvalue weighted by Crippen LogP contribution is -2.30. The van der Waals surface area contributed by atoms with Crippen molar-refractivity contribution in [3.8, 4) is 0 Å². The predicted molar refractivity (Wildman–Crippen MR) is 57.8 cm³/mol. The van der Waals surface area contributed by atoms with Gasteiger partial charge in [-0.1, -0.05) is 5.21 Å². The zero-order valence-electron chi connectivity index (χ0n) is 8.92. The number of fused-ring (bicyclic) bond motifs is 1. The Morgan fingerprint density at radius 2 is 2.27 bits per heavy atom. The van der Waals surface area contributed by atoms with Crippen LogP contribution in [0.15, 0.2) is 23.3 Å². The number of rotatable bonds is 0. The Hall–Kier alpha value is -1.98. The van der Waals surface area contributed by atoms with E-state index >= 15 is 0 Å². The maximum Gasteiger partial charge on any atom is 0.224 e. The van der Waals surface area contributed by atoms with E-state index in [4.69, 9.17) is 0 Å². The van der Waals surface area contributed by atoms with E-state index in [-0.39, 0.29) is 0 Å². The van der Waals surface area contributed by atoms with Crippen LogP contribution in [-0.4, -0.2) is 52.0 Å². The van der Waals surface area contributed by atoms with E-state index in [1.54, 1.807) is 17.9 Å². The van der Waals surface area contributed by atoms with Gasteiger partial charge in [0.25, 0.3) is 0 Å². The Morgan fingerprint density at radius 3 is 2.93 bits per heavy atom. The Morgan fingerprint density at radius 1 is 1.47 bits per heavy atom. The maximum atomic E-state index is 4.22. The summed E-state index contributed by atoms with van der Waals surface area (Å²) in [6, 6.07) is 3.70. The fourth-order valence-corrected chi connectivity index (χ4v) is 1.38. The molecule has 0 atom stereocenters. The molecular formula is C9H12N6. The van der Waals surface area contributed by atoms with E-state index in [1.807, 2.05) is 31.1 Å². The van der Waals surface area contributed by atoms with E-state index < -0.39 is 0 Å². The molecule has 0 aromatic carbocycles. The molecule has 2 aromatic rings. The highest BCUT2D eigenvalue weighted by atomic mass is 15.5. The lowest BCUT2D eigenvalue weighted by Gasteiger charge is -2.13. The van der Waals surface area contributed by atoms with Crippen LogP contribution in [-0.2, 0) is 0 Å². The lowest BCUT2D eigenvalue weighted by atomic mass is 10.4. The van der Waals surface area contributed by atoms with E-state index in [0.29, 0.717) is 11.6 Å². The first-order valence-corrected chi connectivity index (χ1v) is 4.55. The second kappa shape index (κ2) is 3.64. The summed E-state index contributed by atoms with van der Waals surface area (Å²) in [5.74, 6) is 0.705. The molecule has 0 bridgehead atoms. The highest BCUT2D eigenvalue weighted by molar-refractivity contribution is 5.88. The molecule has 0 aliphatic carbocycles. The number of hydrogen-bond acceptors (Lipinski definition) is 4. The van der Waals surface area contributed by atoms with Crippen molar-refractivity contribution < 1.29 is 0 Å². The van der Waals surface area contributed by atoms with E-state index in [0.717, 1.165) is 5.52 Å². The lowest BCUT2D eigenvalue weighted by molar-refractivity contribution is 0.578. The first-order valence-electron chi connectivity index (χ1n) is 4.55. The molecule has 2 aromatic heterocycles. The van der Waals surface area contributed by atoms with Crippen molar-refractivity contribution in [2.75, 3.05) is 21.1 Å². The molecule has 0 radical (unpaired) electrons. The van der Waals surface area contributed by atoms with Gasteiger partial charge in [-0.05, 0) is 12.1 Å². The van der Waals surface area contributed by atoms with Gasteiger partial charge in [-0.2, -0.15) is 4.68 Å². The molecule has 2 heterocycles. The third-order valence-electron chi connectivity index (χ3n) is 2.00. The molecule has 0 amide bonds. The molecule has 2 rings (SSSR count). The normalized spacial score (nSPS) is 12.1. The van der Waals surface area contributed by atoms with Crippen LogP contribution in [0.5, 0.6) is 0 Å². The molecule has 6 heteroatoms. The van der Waals surface area contributed by atoms with Crippen LogP contribution < -0.4 is 0 Å². The average Bonchev–Trinajstić information content (AvgIpc) is 2.63. The van der Waals surface area contributed by atoms with Gasteiger partial charge in [0.05, 0.1) is 0 Å². The van der Waals surface area contributed by atoms with Crippen molar-refractivity contribution in [3.05, 3.63) is 18.3 Å². The standard InChI is InChI=1S/C9H12N6/c1-10-9(14(2)3)15-8-7(12-13-15)5-4-6-11-8/h4-6H,1-3H3/b10-9+. The van der Waals surface area contributed by atoms with Crippen molar-refractivity contribution in [2.24, 2.45) is 4.99 Å². The molecule has 0 unspecified atom stereocenters. The van der Waals surface area contributed by atoms with Gasteiger partial charge in [-0.25, -0.2) is 4.98 Å². The first kappa shape index (κ1) is 9.57. The number of nitrogens with zero attached hydrogens (tertiary/aromatic N) is 6. The Balaban J connectivity index is 2.62. The molecule has 0 N–H and O–H groups in total. The van der Waals surface area contributed by atoms with E-state index in [9.17, 15) is 0 Å². The fraction of sp³-hybridized carbons (Fsp3) is 0.333. The third kappa shape index (κ3) is 1.54. The van der Waals surface area contributed by atoms with Crippen LogP contribution in [0, 0.1) is 0 Å². The Bertz CT molecular complexity index is 498. The predicted octanol–water partition coefficient (Wildman–Crippen LogP) is 0.222. The molecule has 0 saturated heterocycles. The minimum absolute atomic E-state index is 0.705. The average molecular weight is 204 g/mol. The molecule has 15 heavy (non-hydrogen) atoms. The summed E-state index contributed by atoms with van der Waals surface area (Å²) < 4.78 is 1.62. The smallest absolute Gasteiger partial charge is 0.224 e. The monoisotopic (exact) mass is 204 g/mol. The molecule has 0 spiro atoms. The molecule has 0 fully saturated rings. The summed E-state index contributed by atoms with van der Waals surface area (Å²) in [7, 11) is 5.52. The number of aromatic nitrogens is 4. The number of pyridine rings is 1. The van der Waals surface area contributed by atoms with Crippen LogP contribution in [0.3, 0.4) is 0 Å². The zero-order valence-corrected chi connectivity index (χ0v) is 8.92. The SMILES string of the molecule is C/N=C(\N(C)C)n1nnc2cccnc21. The molecule has 6 nitrogen and oxygen atoms in total. The zero-order chi connectivity index (χ0) is 10.8. The van der Waals surface area contributed by atoms with E-state index in [2.05, 4.69) is 20.3 Å². The van der Waals surface area contributed by atoms with Crippen LogP contribution in [0.4, 0.5) is 0 Å². The minimum Gasteiger partial charge on any atom is -0.347 e. The quantitative estimate of drug-likeness (QED) is 0.455. The first-order chi connectivity index (χ1) is 7.24. The summed E-state index contributed by atoms with van der Waals surface area (Å²) >= 11 is 0. The summed E-state index contributed by atoms with van der Waals surface area (Å²) in [6.45, 7) is 0. The highest BCUT2D eigenvalue weighted by Crippen LogP contribution is 2.06. The summed E-state index contributed by atoms with van der Waals surface area (Å²) in [6.07, 6.45) is 1.71. The number of aliphatic imine (C=N–C) groups is 1. The number of hydrogen-bond donors (Lipinski definition) is 0. The second-order valence-electron chi connectivity index (χ2n) is 3.27. The second-order valence-corrected chi connectivity index (χ2v) is 3.27. The molecule has 0 aliphatic rings. The van der Waals surface area contributed by atoms with Gasteiger partial charge in [0.1, 0.15) is 5.52 Å². The maximum absolute atomic E-state index is 4.22.